The molecule has 1 saturated carbocycles. The Morgan fingerprint density at radius 2 is 1.80 bits per heavy atom. The fourth-order valence-corrected chi connectivity index (χ4v) is 6.47. The van der Waals surface area contributed by atoms with Gasteiger partial charge in [0.2, 0.25) is 11.8 Å². The third kappa shape index (κ3) is 7.24. The third-order valence-corrected chi connectivity index (χ3v) is 8.93. The standard InChI is InChI=1S/C33H46N4O3/c1-24-19-29(12-9-28(24)23-36-18-15-34-25(2)22-36)35(3)33(39)27-10-13-30(14-11-27)40-31-8-6-7-26(20-31)21-32(38)37-16-4-5-17-37/h6-9,12,19-20,25,27,30,34H,4-5,10-11,13-18,21-23H2,1-3H3/t25-,27?,30?/m0/s1. The first-order chi connectivity index (χ1) is 19.4. The van der Waals surface area contributed by atoms with Gasteiger partial charge in [0, 0.05) is 64.0 Å². The maximum absolute atomic E-state index is 13.4. The monoisotopic (exact) mass is 546 g/mol. The summed E-state index contributed by atoms with van der Waals surface area (Å²) in [5.74, 6) is 1.25. The smallest absolute Gasteiger partial charge is 0.229 e. The van der Waals surface area contributed by atoms with Gasteiger partial charge >= 0.3 is 0 Å². The number of hydrogen-bond acceptors (Lipinski definition) is 5. The fourth-order valence-electron chi connectivity index (χ4n) is 6.47. The van der Waals surface area contributed by atoms with Gasteiger partial charge in [0.25, 0.3) is 0 Å². The molecule has 7 nitrogen and oxygen atoms in total. The van der Waals surface area contributed by atoms with E-state index in [1.54, 1.807) is 0 Å². The number of amides is 2. The summed E-state index contributed by atoms with van der Waals surface area (Å²) in [6, 6.07) is 14.9. The number of hydrogen-bond donors (Lipinski definition) is 1. The normalized spacial score (nSPS) is 23.7. The number of aryl methyl sites for hydroxylation is 1. The molecule has 3 fully saturated rings. The van der Waals surface area contributed by atoms with Crippen molar-refractivity contribution in [1.82, 2.24) is 15.1 Å². The first-order valence-corrected chi connectivity index (χ1v) is 15.2. The van der Waals surface area contributed by atoms with Crippen LogP contribution < -0.4 is 15.0 Å². The van der Waals surface area contributed by atoms with E-state index < -0.39 is 0 Å². The lowest BCUT2D eigenvalue weighted by Crippen LogP contribution is -2.48. The highest BCUT2D eigenvalue weighted by atomic mass is 16.5. The van der Waals surface area contributed by atoms with Crippen LogP contribution >= 0.6 is 0 Å². The second-order valence-electron chi connectivity index (χ2n) is 12.1. The van der Waals surface area contributed by atoms with Crippen molar-refractivity contribution in [1.29, 1.82) is 0 Å². The zero-order valence-electron chi connectivity index (χ0n) is 24.5. The summed E-state index contributed by atoms with van der Waals surface area (Å²) >= 11 is 0. The summed E-state index contributed by atoms with van der Waals surface area (Å²) < 4.78 is 6.32. The lowest BCUT2D eigenvalue weighted by Gasteiger charge is -2.32. The van der Waals surface area contributed by atoms with Crippen LogP contribution in [0.5, 0.6) is 5.75 Å². The fraction of sp³-hybridized carbons (Fsp3) is 0.576. The van der Waals surface area contributed by atoms with Crippen molar-refractivity contribution in [2.45, 2.75) is 77.5 Å². The van der Waals surface area contributed by atoms with Crippen LogP contribution in [0.3, 0.4) is 0 Å². The van der Waals surface area contributed by atoms with Crippen LogP contribution in [0, 0.1) is 12.8 Å². The van der Waals surface area contributed by atoms with Crippen molar-refractivity contribution in [2.75, 3.05) is 44.7 Å². The van der Waals surface area contributed by atoms with Crippen LogP contribution in [0.2, 0.25) is 0 Å². The Labute approximate surface area is 239 Å². The Kier molecular flexibility index (Phi) is 9.43. The SMILES string of the molecule is Cc1cc(N(C)C(=O)C2CCC(Oc3cccc(CC(=O)N4CCCC4)c3)CC2)ccc1CN1CCN[C@@H](C)C1. The average Bonchev–Trinajstić information content (AvgIpc) is 3.50. The van der Waals surface area contributed by atoms with Crippen LogP contribution in [-0.2, 0) is 22.6 Å². The maximum Gasteiger partial charge on any atom is 0.229 e. The number of benzene rings is 2. The Hall–Kier alpha value is -2.90. The number of nitrogens with one attached hydrogen (secondary N) is 1. The number of rotatable bonds is 8. The van der Waals surface area contributed by atoms with Gasteiger partial charge in [-0.05, 0) is 93.3 Å². The number of anilines is 1. The number of piperazine rings is 1. The van der Waals surface area contributed by atoms with Gasteiger partial charge in [-0.2, -0.15) is 0 Å². The summed E-state index contributed by atoms with van der Waals surface area (Å²) in [7, 11) is 1.91. The molecular weight excluding hydrogens is 500 g/mol. The van der Waals surface area contributed by atoms with Crippen molar-refractivity contribution in [3.8, 4) is 5.75 Å². The molecule has 1 aliphatic carbocycles. The number of nitrogens with zero attached hydrogens (tertiary/aromatic N) is 3. The number of likely N-dealkylation sites (tertiary alicyclic amines) is 1. The van der Waals surface area contributed by atoms with Gasteiger partial charge in [-0.25, -0.2) is 0 Å². The van der Waals surface area contributed by atoms with Gasteiger partial charge in [-0.1, -0.05) is 18.2 Å². The van der Waals surface area contributed by atoms with E-state index in [1.165, 1.54) is 11.1 Å². The molecule has 1 N–H and O–H groups in total. The molecule has 0 spiro atoms. The molecule has 2 aromatic rings. The van der Waals surface area contributed by atoms with Crippen molar-refractivity contribution in [3.63, 3.8) is 0 Å². The second-order valence-corrected chi connectivity index (χ2v) is 12.1. The zero-order valence-corrected chi connectivity index (χ0v) is 24.5. The average molecular weight is 547 g/mol. The van der Waals surface area contributed by atoms with E-state index in [9.17, 15) is 9.59 Å². The van der Waals surface area contributed by atoms with E-state index in [0.717, 1.165) is 94.8 Å². The minimum Gasteiger partial charge on any atom is -0.490 e. The molecule has 0 radical (unpaired) electrons. The van der Waals surface area contributed by atoms with Gasteiger partial charge in [0.1, 0.15) is 5.75 Å². The molecule has 5 rings (SSSR count). The first-order valence-electron chi connectivity index (χ1n) is 15.2. The van der Waals surface area contributed by atoms with Crippen LogP contribution in [0.25, 0.3) is 0 Å². The van der Waals surface area contributed by atoms with Gasteiger partial charge in [-0.15, -0.1) is 0 Å². The van der Waals surface area contributed by atoms with Crippen molar-refractivity contribution in [3.05, 3.63) is 59.2 Å². The molecule has 2 amide bonds. The Morgan fingerprint density at radius 1 is 1.02 bits per heavy atom. The van der Waals surface area contributed by atoms with Crippen LogP contribution in [0.15, 0.2) is 42.5 Å². The van der Waals surface area contributed by atoms with Crippen molar-refractivity contribution < 1.29 is 14.3 Å². The van der Waals surface area contributed by atoms with Crippen LogP contribution in [-0.4, -0.2) is 73.5 Å². The van der Waals surface area contributed by atoms with E-state index in [0.29, 0.717) is 12.5 Å². The van der Waals surface area contributed by atoms with Gasteiger partial charge in [0.15, 0.2) is 0 Å². The summed E-state index contributed by atoms with van der Waals surface area (Å²) in [4.78, 5) is 32.3. The largest absolute Gasteiger partial charge is 0.490 e. The van der Waals surface area contributed by atoms with E-state index in [-0.39, 0.29) is 23.8 Å². The molecule has 2 saturated heterocycles. The lowest BCUT2D eigenvalue weighted by molar-refractivity contribution is -0.129. The minimum absolute atomic E-state index is 0.0246. The molecule has 0 aromatic heterocycles. The molecule has 216 valence electrons. The van der Waals surface area contributed by atoms with Gasteiger partial charge in [-0.3, -0.25) is 14.5 Å². The Morgan fingerprint density at radius 3 is 2.52 bits per heavy atom. The summed E-state index contributed by atoms with van der Waals surface area (Å²) in [6.45, 7) is 10.3. The van der Waals surface area contributed by atoms with E-state index in [2.05, 4.69) is 42.3 Å². The summed E-state index contributed by atoms with van der Waals surface area (Å²) in [6.07, 6.45) is 6.15. The topological polar surface area (TPSA) is 65.1 Å². The van der Waals surface area contributed by atoms with Crippen LogP contribution in [0.1, 0.15) is 62.1 Å². The molecule has 3 aliphatic rings. The molecule has 0 unspecified atom stereocenters. The first kappa shape index (κ1) is 28.6. The highest BCUT2D eigenvalue weighted by Crippen LogP contribution is 2.31. The third-order valence-electron chi connectivity index (χ3n) is 8.93. The number of ether oxygens (including phenoxy) is 1. The van der Waals surface area contributed by atoms with Gasteiger partial charge in [0.05, 0.1) is 12.5 Å². The Bertz CT molecular complexity index is 1170. The highest BCUT2D eigenvalue weighted by molar-refractivity contribution is 5.94. The number of carbonyl (C=O) groups excluding carboxylic acids is 2. The quantitative estimate of drug-likeness (QED) is 0.526. The predicted molar refractivity (Wildman–Crippen MR) is 160 cm³/mol. The van der Waals surface area contributed by atoms with E-state index in [4.69, 9.17) is 4.74 Å². The maximum atomic E-state index is 13.4. The number of carbonyl (C=O) groups is 2. The highest BCUT2D eigenvalue weighted by Gasteiger charge is 2.30. The minimum atomic E-state index is 0.0246. The molecular formula is C33H46N4O3. The van der Waals surface area contributed by atoms with Crippen molar-refractivity contribution >= 4 is 17.5 Å². The van der Waals surface area contributed by atoms with E-state index in [1.807, 2.05) is 41.1 Å². The van der Waals surface area contributed by atoms with Gasteiger partial charge < -0.3 is 19.9 Å². The summed E-state index contributed by atoms with van der Waals surface area (Å²) in [5.41, 5.74) is 4.55. The predicted octanol–water partition coefficient (Wildman–Crippen LogP) is 4.55. The molecule has 40 heavy (non-hydrogen) atoms. The lowest BCUT2D eigenvalue weighted by atomic mass is 9.86. The van der Waals surface area contributed by atoms with E-state index >= 15 is 0 Å². The Balaban J connectivity index is 1.10. The molecule has 2 heterocycles. The molecule has 1 atom stereocenters. The molecule has 0 bridgehead atoms. The zero-order chi connectivity index (χ0) is 28.1. The van der Waals surface area contributed by atoms with Crippen molar-refractivity contribution in [2.24, 2.45) is 5.92 Å². The van der Waals surface area contributed by atoms with Crippen LogP contribution in [0.4, 0.5) is 5.69 Å². The molecule has 2 aliphatic heterocycles. The molecule has 2 aromatic carbocycles. The summed E-state index contributed by atoms with van der Waals surface area (Å²) in [5, 5.41) is 3.51. The second kappa shape index (κ2) is 13.2. The molecule has 7 heteroatoms.